The summed E-state index contributed by atoms with van der Waals surface area (Å²) in [6.07, 6.45) is 2.98. The summed E-state index contributed by atoms with van der Waals surface area (Å²) < 4.78 is 5.89. The van der Waals surface area contributed by atoms with Crippen molar-refractivity contribution in [2.75, 3.05) is 26.7 Å². The number of hydrogen-bond acceptors (Lipinski definition) is 4. The molecular formula is C20H31IN4OS. The van der Waals surface area contributed by atoms with Gasteiger partial charge in [0.05, 0.1) is 16.8 Å². The Morgan fingerprint density at radius 2 is 1.96 bits per heavy atom. The molecule has 0 saturated carbocycles. The van der Waals surface area contributed by atoms with Crippen LogP contribution in [0.2, 0.25) is 0 Å². The number of ether oxygens (including phenoxy) is 1. The molecular weight excluding hydrogens is 471 g/mol. The summed E-state index contributed by atoms with van der Waals surface area (Å²) in [5, 5.41) is 10.0. The first-order chi connectivity index (χ1) is 12.7. The zero-order valence-corrected chi connectivity index (χ0v) is 19.6. The van der Waals surface area contributed by atoms with Crippen LogP contribution in [0.1, 0.15) is 42.6 Å². The van der Waals surface area contributed by atoms with Gasteiger partial charge in [-0.25, -0.2) is 4.98 Å². The third-order valence-corrected chi connectivity index (χ3v) is 5.09. The van der Waals surface area contributed by atoms with Crippen LogP contribution < -0.4 is 10.6 Å². The van der Waals surface area contributed by atoms with Gasteiger partial charge in [0, 0.05) is 38.5 Å². The van der Waals surface area contributed by atoms with Crippen molar-refractivity contribution in [1.82, 2.24) is 15.6 Å². The number of hydrogen-bond donors (Lipinski definition) is 2. The Morgan fingerprint density at radius 3 is 2.63 bits per heavy atom. The highest BCUT2D eigenvalue weighted by molar-refractivity contribution is 14.0. The number of aromatic nitrogens is 1. The van der Waals surface area contributed by atoms with E-state index in [4.69, 9.17) is 4.74 Å². The van der Waals surface area contributed by atoms with Crippen molar-refractivity contribution in [3.63, 3.8) is 0 Å². The van der Waals surface area contributed by atoms with Gasteiger partial charge in [0.15, 0.2) is 5.96 Å². The van der Waals surface area contributed by atoms with Gasteiger partial charge >= 0.3 is 0 Å². The molecule has 2 N–H and O–H groups in total. The molecule has 27 heavy (non-hydrogen) atoms. The summed E-state index contributed by atoms with van der Waals surface area (Å²) in [5.41, 5.74) is 2.37. The highest BCUT2D eigenvalue weighted by Crippen LogP contribution is 2.15. The van der Waals surface area contributed by atoms with Crippen LogP contribution in [0.3, 0.4) is 0 Å². The second-order valence-corrected chi connectivity index (χ2v) is 6.98. The number of guanidine groups is 1. The number of halogens is 1. The first-order valence-corrected chi connectivity index (χ1v) is 10.1. The predicted octanol–water partition coefficient (Wildman–Crippen LogP) is 4.20. The lowest BCUT2D eigenvalue weighted by atomic mass is 10.1. The number of thiazole rings is 1. The van der Waals surface area contributed by atoms with E-state index in [2.05, 4.69) is 52.0 Å². The van der Waals surface area contributed by atoms with E-state index < -0.39 is 0 Å². The molecule has 5 nitrogen and oxygen atoms in total. The molecule has 0 radical (unpaired) electrons. The average Bonchev–Trinajstić information content (AvgIpc) is 3.14. The summed E-state index contributed by atoms with van der Waals surface area (Å²) in [7, 11) is 1.79. The van der Waals surface area contributed by atoms with Gasteiger partial charge in [-0.2, -0.15) is 0 Å². The zero-order valence-electron chi connectivity index (χ0n) is 16.4. The molecule has 0 amide bonds. The topological polar surface area (TPSA) is 58.5 Å². The SMILES string of the molecule is CCc1nc(CCNC(=NC)NCCCOC(C)c2ccccc2)cs1.I. The summed E-state index contributed by atoms with van der Waals surface area (Å²) in [6.45, 7) is 6.60. The highest BCUT2D eigenvalue weighted by Gasteiger charge is 2.05. The van der Waals surface area contributed by atoms with Crippen molar-refractivity contribution in [1.29, 1.82) is 0 Å². The average molecular weight is 502 g/mol. The first kappa shape index (κ1) is 23.8. The van der Waals surface area contributed by atoms with Gasteiger partial charge in [-0.15, -0.1) is 35.3 Å². The zero-order chi connectivity index (χ0) is 18.6. The van der Waals surface area contributed by atoms with E-state index in [1.165, 1.54) is 10.6 Å². The summed E-state index contributed by atoms with van der Waals surface area (Å²) in [4.78, 5) is 8.84. The van der Waals surface area contributed by atoms with Gasteiger partial charge < -0.3 is 15.4 Å². The van der Waals surface area contributed by atoms with Crippen LogP contribution in [-0.2, 0) is 17.6 Å². The summed E-state index contributed by atoms with van der Waals surface area (Å²) >= 11 is 1.74. The Kier molecular flexibility index (Phi) is 12.3. The standard InChI is InChI=1S/C20H30N4OS.HI/c1-4-19-24-18(15-26-19)11-13-23-20(21-3)22-12-8-14-25-16(2)17-9-6-5-7-10-17;/h5-7,9-10,15-16H,4,8,11-14H2,1-3H3,(H2,21,22,23);1H. The number of benzene rings is 1. The second kappa shape index (κ2) is 13.9. The quantitative estimate of drug-likeness (QED) is 0.221. The highest BCUT2D eigenvalue weighted by atomic mass is 127. The van der Waals surface area contributed by atoms with Crippen molar-refractivity contribution < 1.29 is 4.74 Å². The number of nitrogens with zero attached hydrogens (tertiary/aromatic N) is 2. The fraction of sp³-hybridized carbons (Fsp3) is 0.500. The Hall–Kier alpha value is -1.19. The predicted molar refractivity (Wildman–Crippen MR) is 125 cm³/mol. The Labute approximate surface area is 184 Å². The maximum Gasteiger partial charge on any atom is 0.190 e. The van der Waals surface area contributed by atoms with Crippen LogP contribution in [0.15, 0.2) is 40.7 Å². The molecule has 0 aliphatic heterocycles. The van der Waals surface area contributed by atoms with E-state index in [1.807, 2.05) is 18.2 Å². The Bertz CT molecular complexity index is 663. The molecule has 1 aromatic carbocycles. The van der Waals surface area contributed by atoms with Crippen molar-refractivity contribution in [3.8, 4) is 0 Å². The van der Waals surface area contributed by atoms with Crippen molar-refractivity contribution >= 4 is 41.3 Å². The van der Waals surface area contributed by atoms with Gasteiger partial charge in [0.25, 0.3) is 0 Å². The third kappa shape index (κ3) is 9.03. The van der Waals surface area contributed by atoms with Gasteiger partial charge in [0.1, 0.15) is 0 Å². The molecule has 0 saturated heterocycles. The first-order valence-electron chi connectivity index (χ1n) is 9.27. The smallest absolute Gasteiger partial charge is 0.190 e. The molecule has 2 rings (SSSR count). The minimum atomic E-state index is 0. The third-order valence-electron chi connectivity index (χ3n) is 4.05. The minimum Gasteiger partial charge on any atom is -0.374 e. The normalized spacial score (nSPS) is 12.3. The van der Waals surface area contributed by atoms with Crippen LogP contribution in [0, 0.1) is 0 Å². The molecule has 0 aliphatic carbocycles. The maximum atomic E-state index is 5.89. The summed E-state index contributed by atoms with van der Waals surface area (Å²) in [5.74, 6) is 0.826. The van der Waals surface area contributed by atoms with Gasteiger partial charge in [-0.05, 0) is 25.3 Å². The maximum absolute atomic E-state index is 5.89. The Morgan fingerprint density at radius 1 is 1.22 bits per heavy atom. The molecule has 1 aromatic heterocycles. The lowest BCUT2D eigenvalue weighted by Crippen LogP contribution is -2.39. The van der Waals surface area contributed by atoms with E-state index >= 15 is 0 Å². The van der Waals surface area contributed by atoms with Crippen LogP contribution in [0.25, 0.3) is 0 Å². The molecule has 0 spiro atoms. The van der Waals surface area contributed by atoms with Crippen LogP contribution in [0.4, 0.5) is 0 Å². The number of aryl methyl sites for hydroxylation is 1. The van der Waals surface area contributed by atoms with Crippen LogP contribution in [0.5, 0.6) is 0 Å². The Balaban J connectivity index is 0.00000364. The molecule has 0 fully saturated rings. The lowest BCUT2D eigenvalue weighted by Gasteiger charge is -2.14. The van der Waals surface area contributed by atoms with E-state index in [9.17, 15) is 0 Å². The van der Waals surface area contributed by atoms with Crippen LogP contribution >= 0.6 is 35.3 Å². The molecule has 1 heterocycles. The number of aliphatic imine (C=N–C) groups is 1. The molecule has 7 heteroatoms. The molecule has 1 unspecified atom stereocenters. The van der Waals surface area contributed by atoms with E-state index in [1.54, 1.807) is 18.4 Å². The summed E-state index contributed by atoms with van der Waals surface area (Å²) in [6, 6.07) is 10.3. The van der Waals surface area contributed by atoms with Gasteiger partial charge in [-0.3, -0.25) is 4.99 Å². The van der Waals surface area contributed by atoms with E-state index in [0.29, 0.717) is 0 Å². The van der Waals surface area contributed by atoms with Crippen molar-refractivity contribution in [2.45, 2.75) is 39.2 Å². The molecule has 0 bridgehead atoms. The van der Waals surface area contributed by atoms with Crippen molar-refractivity contribution in [2.24, 2.45) is 4.99 Å². The van der Waals surface area contributed by atoms with Crippen molar-refractivity contribution in [3.05, 3.63) is 52.0 Å². The molecule has 150 valence electrons. The molecule has 0 aliphatic rings. The van der Waals surface area contributed by atoms with Gasteiger partial charge in [-0.1, -0.05) is 37.3 Å². The largest absolute Gasteiger partial charge is 0.374 e. The van der Waals surface area contributed by atoms with E-state index in [-0.39, 0.29) is 30.1 Å². The fourth-order valence-electron chi connectivity index (χ4n) is 2.52. The fourth-order valence-corrected chi connectivity index (χ4v) is 3.29. The minimum absolute atomic E-state index is 0. The lowest BCUT2D eigenvalue weighted by molar-refractivity contribution is 0.0646. The van der Waals surface area contributed by atoms with Crippen LogP contribution in [-0.4, -0.2) is 37.7 Å². The number of nitrogens with one attached hydrogen (secondary N) is 2. The van der Waals surface area contributed by atoms with E-state index in [0.717, 1.165) is 50.6 Å². The van der Waals surface area contributed by atoms with Gasteiger partial charge in [0.2, 0.25) is 0 Å². The molecule has 2 aromatic rings. The molecule has 1 atom stereocenters. The number of rotatable bonds is 10. The second-order valence-electron chi connectivity index (χ2n) is 6.04. The monoisotopic (exact) mass is 502 g/mol.